The largest absolute Gasteiger partial charge is 0.465 e. The average Bonchev–Trinajstić information content (AvgIpc) is 2.82. The van der Waals surface area contributed by atoms with E-state index in [4.69, 9.17) is 16.3 Å². The summed E-state index contributed by atoms with van der Waals surface area (Å²) in [6, 6.07) is 11.8. The van der Waals surface area contributed by atoms with Gasteiger partial charge in [-0.1, -0.05) is 23.7 Å². The molecule has 1 aliphatic heterocycles. The SMILES string of the molecule is CCS(=O)(=O)N1CCCC(N(Cc2ccc(C(=O)OC)cc2)S(=O)(=O)c2ccc(Cl)cc2)C1. The van der Waals surface area contributed by atoms with Crippen LogP contribution in [0.4, 0.5) is 0 Å². The maximum absolute atomic E-state index is 13.6. The zero-order valence-corrected chi connectivity index (χ0v) is 20.9. The first-order valence-electron chi connectivity index (χ1n) is 10.5. The van der Waals surface area contributed by atoms with Crippen molar-refractivity contribution in [3.63, 3.8) is 0 Å². The summed E-state index contributed by atoms with van der Waals surface area (Å²) >= 11 is 5.94. The van der Waals surface area contributed by atoms with Gasteiger partial charge in [0.2, 0.25) is 20.0 Å². The van der Waals surface area contributed by atoms with Crippen molar-refractivity contribution in [1.82, 2.24) is 8.61 Å². The second-order valence-corrected chi connectivity index (χ2v) is 12.3. The van der Waals surface area contributed by atoms with E-state index in [2.05, 4.69) is 0 Å². The highest BCUT2D eigenvalue weighted by Gasteiger charge is 2.37. The van der Waals surface area contributed by atoms with Gasteiger partial charge in [-0.2, -0.15) is 4.31 Å². The summed E-state index contributed by atoms with van der Waals surface area (Å²) in [6.45, 7) is 2.06. The van der Waals surface area contributed by atoms with Crippen molar-refractivity contribution in [3.05, 3.63) is 64.7 Å². The lowest BCUT2D eigenvalue weighted by molar-refractivity contribution is 0.0600. The van der Waals surface area contributed by atoms with Crippen LogP contribution in [0, 0.1) is 0 Å². The van der Waals surface area contributed by atoms with Gasteiger partial charge in [0.1, 0.15) is 0 Å². The van der Waals surface area contributed by atoms with Crippen molar-refractivity contribution in [3.8, 4) is 0 Å². The van der Waals surface area contributed by atoms with E-state index in [1.54, 1.807) is 31.2 Å². The van der Waals surface area contributed by atoms with E-state index in [0.29, 0.717) is 35.5 Å². The number of carbonyl (C=O) groups is 1. The van der Waals surface area contributed by atoms with Crippen LogP contribution >= 0.6 is 11.6 Å². The van der Waals surface area contributed by atoms with Gasteiger partial charge in [-0.15, -0.1) is 0 Å². The molecule has 0 amide bonds. The number of nitrogens with zero attached hydrogens (tertiary/aromatic N) is 2. The van der Waals surface area contributed by atoms with E-state index >= 15 is 0 Å². The fourth-order valence-electron chi connectivity index (χ4n) is 3.79. The Bertz CT molecular complexity index is 1180. The minimum atomic E-state index is -3.96. The van der Waals surface area contributed by atoms with Crippen molar-refractivity contribution in [2.75, 3.05) is 26.0 Å². The van der Waals surface area contributed by atoms with Crippen molar-refractivity contribution in [1.29, 1.82) is 0 Å². The Morgan fingerprint density at radius 1 is 1.09 bits per heavy atom. The summed E-state index contributed by atoms with van der Waals surface area (Å²) in [5, 5.41) is 0.414. The Balaban J connectivity index is 1.97. The number of carbonyl (C=O) groups excluding carboxylic acids is 1. The van der Waals surface area contributed by atoms with Crippen LogP contribution in [-0.2, 0) is 31.3 Å². The molecule has 1 atom stereocenters. The smallest absolute Gasteiger partial charge is 0.337 e. The van der Waals surface area contributed by atoms with Gasteiger partial charge in [0.15, 0.2) is 0 Å². The monoisotopic (exact) mass is 514 g/mol. The summed E-state index contributed by atoms with van der Waals surface area (Å²) in [4.78, 5) is 11.8. The van der Waals surface area contributed by atoms with Crippen LogP contribution in [0.2, 0.25) is 5.02 Å². The normalized spacial score (nSPS) is 17.8. The van der Waals surface area contributed by atoms with Crippen molar-refractivity contribution in [2.24, 2.45) is 0 Å². The number of methoxy groups -OCH3 is 1. The fraction of sp³-hybridized carbons (Fsp3) is 0.409. The minimum Gasteiger partial charge on any atom is -0.465 e. The number of piperidine rings is 1. The molecule has 0 radical (unpaired) electrons. The fourth-order valence-corrected chi connectivity index (χ4v) is 6.72. The van der Waals surface area contributed by atoms with Crippen LogP contribution in [0.25, 0.3) is 0 Å². The summed E-state index contributed by atoms with van der Waals surface area (Å²) in [5.41, 5.74) is 1.02. The van der Waals surface area contributed by atoms with E-state index in [1.807, 2.05) is 0 Å². The molecule has 1 fully saturated rings. The zero-order chi connectivity index (χ0) is 24.2. The molecule has 0 saturated carbocycles. The number of esters is 1. The van der Waals surface area contributed by atoms with Gasteiger partial charge in [-0.3, -0.25) is 0 Å². The number of ether oxygens (including phenoxy) is 1. The first kappa shape index (κ1) is 25.6. The molecule has 1 unspecified atom stereocenters. The lowest BCUT2D eigenvalue weighted by Crippen LogP contribution is -2.51. The highest BCUT2D eigenvalue weighted by molar-refractivity contribution is 7.89. The molecule has 180 valence electrons. The van der Waals surface area contributed by atoms with Gasteiger partial charge in [0.05, 0.1) is 23.3 Å². The molecule has 0 bridgehead atoms. The van der Waals surface area contributed by atoms with E-state index in [1.165, 1.54) is 40.0 Å². The Kier molecular flexibility index (Phi) is 8.17. The summed E-state index contributed by atoms with van der Waals surface area (Å²) < 4.78 is 59.6. The van der Waals surface area contributed by atoms with E-state index in [-0.39, 0.29) is 23.7 Å². The summed E-state index contributed by atoms with van der Waals surface area (Å²) in [5.74, 6) is -0.529. The minimum absolute atomic E-state index is 0.0249. The summed E-state index contributed by atoms with van der Waals surface area (Å²) in [7, 11) is -6.12. The van der Waals surface area contributed by atoms with Gasteiger partial charge in [-0.05, 0) is 61.7 Å². The van der Waals surface area contributed by atoms with Crippen LogP contribution in [0.15, 0.2) is 53.4 Å². The Labute approximate surface area is 200 Å². The molecule has 2 aromatic carbocycles. The van der Waals surface area contributed by atoms with Crippen LogP contribution in [0.3, 0.4) is 0 Å². The molecule has 0 aromatic heterocycles. The van der Waals surface area contributed by atoms with E-state index in [0.717, 1.165) is 0 Å². The number of sulfonamides is 2. The Hall–Kier alpha value is -1.98. The average molecular weight is 515 g/mol. The third-order valence-electron chi connectivity index (χ3n) is 5.66. The maximum Gasteiger partial charge on any atom is 0.337 e. The van der Waals surface area contributed by atoms with Crippen LogP contribution < -0.4 is 0 Å². The lowest BCUT2D eigenvalue weighted by Gasteiger charge is -2.38. The second kappa shape index (κ2) is 10.5. The molecule has 8 nitrogen and oxygen atoms in total. The highest BCUT2D eigenvalue weighted by Crippen LogP contribution is 2.28. The number of hydrogen-bond donors (Lipinski definition) is 0. The van der Waals surface area contributed by atoms with Gasteiger partial charge in [0, 0.05) is 30.7 Å². The maximum atomic E-state index is 13.6. The molecule has 0 aliphatic carbocycles. The first-order chi connectivity index (χ1) is 15.6. The first-order valence-corrected chi connectivity index (χ1v) is 13.9. The van der Waals surface area contributed by atoms with Crippen molar-refractivity contribution in [2.45, 2.75) is 37.2 Å². The lowest BCUT2D eigenvalue weighted by atomic mass is 10.1. The predicted octanol–water partition coefficient (Wildman–Crippen LogP) is 3.13. The van der Waals surface area contributed by atoms with Gasteiger partial charge in [-0.25, -0.2) is 25.9 Å². The molecule has 1 saturated heterocycles. The van der Waals surface area contributed by atoms with E-state index in [9.17, 15) is 21.6 Å². The molecule has 33 heavy (non-hydrogen) atoms. The van der Waals surface area contributed by atoms with E-state index < -0.39 is 32.1 Å². The van der Waals surface area contributed by atoms with Crippen molar-refractivity contribution >= 4 is 37.6 Å². The standard InChI is InChI=1S/C22H27ClN2O6S2/c1-3-32(27,28)24-14-4-5-20(16-24)25(33(29,30)21-12-10-19(23)11-13-21)15-17-6-8-18(9-7-17)22(26)31-2/h6-13,20H,3-5,14-16H2,1-2H3. The molecule has 0 N–H and O–H groups in total. The molecule has 11 heteroatoms. The molecule has 1 heterocycles. The number of halogens is 1. The highest BCUT2D eigenvalue weighted by atomic mass is 35.5. The van der Waals surface area contributed by atoms with Crippen LogP contribution in [0.1, 0.15) is 35.7 Å². The Morgan fingerprint density at radius 3 is 2.30 bits per heavy atom. The predicted molar refractivity (Wildman–Crippen MR) is 126 cm³/mol. The van der Waals surface area contributed by atoms with Crippen LogP contribution in [-0.4, -0.2) is 63.4 Å². The molecule has 1 aliphatic rings. The Morgan fingerprint density at radius 2 is 1.73 bits per heavy atom. The summed E-state index contributed by atoms with van der Waals surface area (Å²) in [6.07, 6.45) is 1.08. The van der Waals surface area contributed by atoms with Crippen molar-refractivity contribution < 1.29 is 26.4 Å². The van der Waals surface area contributed by atoms with Gasteiger partial charge >= 0.3 is 5.97 Å². The zero-order valence-electron chi connectivity index (χ0n) is 18.5. The second-order valence-electron chi connectivity index (χ2n) is 7.75. The number of hydrogen-bond acceptors (Lipinski definition) is 6. The number of benzene rings is 2. The number of rotatable bonds is 8. The quantitative estimate of drug-likeness (QED) is 0.502. The third kappa shape index (κ3) is 5.93. The van der Waals surface area contributed by atoms with Crippen LogP contribution in [0.5, 0.6) is 0 Å². The van der Waals surface area contributed by atoms with Gasteiger partial charge < -0.3 is 4.74 Å². The molecular weight excluding hydrogens is 488 g/mol. The third-order valence-corrected chi connectivity index (χ3v) is 9.67. The van der Waals surface area contributed by atoms with Gasteiger partial charge in [0.25, 0.3) is 0 Å². The molecule has 2 aromatic rings. The molecular formula is C22H27ClN2O6S2. The topological polar surface area (TPSA) is 101 Å². The molecule has 3 rings (SSSR count). The molecule has 0 spiro atoms.